The van der Waals surface area contributed by atoms with Gasteiger partial charge in [-0.1, -0.05) is 6.92 Å². The number of ether oxygens (including phenoxy) is 1. The minimum Gasteiger partial charge on any atom is -0.481 e. The lowest BCUT2D eigenvalue weighted by atomic mass is 10.0. The zero-order valence-corrected chi connectivity index (χ0v) is 10.8. The van der Waals surface area contributed by atoms with Crippen LogP contribution in [0.4, 0.5) is 4.79 Å². The fourth-order valence-electron chi connectivity index (χ4n) is 1.89. The fourth-order valence-corrected chi connectivity index (χ4v) is 1.89. The molecule has 0 aromatic rings. The Morgan fingerprint density at radius 1 is 1.44 bits per heavy atom. The van der Waals surface area contributed by atoms with Gasteiger partial charge in [0.2, 0.25) is 0 Å². The highest BCUT2D eigenvalue weighted by Gasteiger charge is 2.17. The molecule has 0 aliphatic carbocycles. The topological polar surface area (TPSA) is 87.7 Å². The third-order valence-corrected chi connectivity index (χ3v) is 3.16. The Bertz CT molecular complexity index is 277. The summed E-state index contributed by atoms with van der Waals surface area (Å²) in [4.78, 5) is 22.2. The molecule has 104 valence electrons. The van der Waals surface area contributed by atoms with E-state index in [9.17, 15) is 9.59 Å². The molecule has 2 unspecified atom stereocenters. The van der Waals surface area contributed by atoms with Crippen molar-refractivity contribution in [3.05, 3.63) is 0 Å². The third-order valence-electron chi connectivity index (χ3n) is 3.16. The monoisotopic (exact) mass is 258 g/mol. The van der Waals surface area contributed by atoms with Crippen LogP contribution in [0.3, 0.4) is 0 Å². The summed E-state index contributed by atoms with van der Waals surface area (Å²) < 4.78 is 5.31. The Balaban J connectivity index is 2.14. The van der Waals surface area contributed by atoms with Crippen molar-refractivity contribution in [3.63, 3.8) is 0 Å². The molecule has 0 saturated carbocycles. The number of carboxylic acid groups (broad SMARTS) is 1. The summed E-state index contributed by atoms with van der Waals surface area (Å²) in [7, 11) is 0. The molecule has 1 fully saturated rings. The van der Waals surface area contributed by atoms with Crippen LogP contribution in [0.25, 0.3) is 0 Å². The molecule has 0 aromatic carbocycles. The molecular weight excluding hydrogens is 236 g/mol. The number of carbonyl (C=O) groups is 2. The normalized spacial score (nSPS) is 21.1. The smallest absolute Gasteiger partial charge is 0.314 e. The first-order valence-electron chi connectivity index (χ1n) is 6.45. The molecule has 0 bridgehead atoms. The summed E-state index contributed by atoms with van der Waals surface area (Å²) in [6, 6.07) is -0.305. The van der Waals surface area contributed by atoms with E-state index >= 15 is 0 Å². The van der Waals surface area contributed by atoms with E-state index in [1.807, 2.05) is 0 Å². The van der Waals surface area contributed by atoms with Crippen LogP contribution in [-0.2, 0) is 9.53 Å². The summed E-state index contributed by atoms with van der Waals surface area (Å²) in [5.41, 5.74) is 0. The highest BCUT2D eigenvalue weighted by atomic mass is 16.5. The van der Waals surface area contributed by atoms with Crippen molar-refractivity contribution < 1.29 is 19.4 Å². The highest BCUT2D eigenvalue weighted by Crippen LogP contribution is 2.11. The van der Waals surface area contributed by atoms with Gasteiger partial charge < -0.3 is 20.5 Å². The van der Waals surface area contributed by atoms with E-state index in [1.165, 1.54) is 0 Å². The summed E-state index contributed by atoms with van der Waals surface area (Å²) >= 11 is 0. The first-order chi connectivity index (χ1) is 8.63. The molecule has 18 heavy (non-hydrogen) atoms. The predicted molar refractivity (Wildman–Crippen MR) is 66.4 cm³/mol. The Hall–Kier alpha value is -1.30. The van der Waals surface area contributed by atoms with Gasteiger partial charge in [-0.15, -0.1) is 0 Å². The van der Waals surface area contributed by atoms with E-state index < -0.39 is 11.9 Å². The maximum absolute atomic E-state index is 11.5. The van der Waals surface area contributed by atoms with Crippen molar-refractivity contribution in [1.29, 1.82) is 0 Å². The van der Waals surface area contributed by atoms with E-state index in [4.69, 9.17) is 9.84 Å². The van der Waals surface area contributed by atoms with Crippen LogP contribution in [0, 0.1) is 11.8 Å². The van der Waals surface area contributed by atoms with E-state index in [-0.39, 0.29) is 12.6 Å². The van der Waals surface area contributed by atoms with Crippen molar-refractivity contribution in [1.82, 2.24) is 10.6 Å². The van der Waals surface area contributed by atoms with E-state index in [1.54, 1.807) is 6.92 Å². The standard InChI is InChI=1S/C12H22N2O4/c1-2-10(11(15)16)7-14-12(17)13-6-9-4-3-5-18-8-9/h9-10H,2-8H2,1H3,(H,15,16)(H2,13,14,17). The molecule has 2 atom stereocenters. The van der Waals surface area contributed by atoms with Crippen LogP contribution in [-0.4, -0.2) is 43.4 Å². The van der Waals surface area contributed by atoms with Crippen LogP contribution in [0.5, 0.6) is 0 Å². The minimum absolute atomic E-state index is 0.166. The summed E-state index contributed by atoms with van der Waals surface area (Å²) in [5, 5.41) is 14.2. The lowest BCUT2D eigenvalue weighted by Gasteiger charge is -2.22. The fraction of sp³-hybridized carbons (Fsp3) is 0.833. The van der Waals surface area contributed by atoms with Gasteiger partial charge in [0.15, 0.2) is 0 Å². The quantitative estimate of drug-likeness (QED) is 0.658. The van der Waals surface area contributed by atoms with Crippen molar-refractivity contribution in [2.24, 2.45) is 11.8 Å². The maximum Gasteiger partial charge on any atom is 0.314 e. The second-order valence-corrected chi connectivity index (χ2v) is 4.62. The van der Waals surface area contributed by atoms with Crippen LogP contribution >= 0.6 is 0 Å². The summed E-state index contributed by atoms with van der Waals surface area (Å²) in [6.45, 7) is 4.03. The molecule has 1 aliphatic heterocycles. The molecule has 2 amide bonds. The third kappa shape index (κ3) is 5.35. The number of carbonyl (C=O) groups excluding carboxylic acids is 1. The Morgan fingerprint density at radius 2 is 2.22 bits per heavy atom. The van der Waals surface area contributed by atoms with Crippen molar-refractivity contribution in [2.45, 2.75) is 26.2 Å². The van der Waals surface area contributed by atoms with Crippen LogP contribution < -0.4 is 10.6 Å². The number of nitrogens with one attached hydrogen (secondary N) is 2. The van der Waals surface area contributed by atoms with Gasteiger partial charge in [-0.05, 0) is 25.2 Å². The average Bonchev–Trinajstić information content (AvgIpc) is 2.38. The minimum atomic E-state index is -0.876. The SMILES string of the molecule is CCC(CNC(=O)NCC1CCCOC1)C(=O)O. The highest BCUT2D eigenvalue weighted by molar-refractivity contribution is 5.75. The molecule has 1 rings (SSSR count). The molecule has 0 spiro atoms. The lowest BCUT2D eigenvalue weighted by molar-refractivity contribution is -0.141. The average molecular weight is 258 g/mol. The van der Waals surface area contributed by atoms with Gasteiger partial charge in [0, 0.05) is 19.7 Å². The van der Waals surface area contributed by atoms with Crippen molar-refractivity contribution in [2.75, 3.05) is 26.3 Å². The number of amides is 2. The molecule has 6 heteroatoms. The van der Waals surface area contributed by atoms with E-state index in [0.29, 0.717) is 25.5 Å². The Labute approximate surface area is 107 Å². The molecule has 3 N–H and O–H groups in total. The molecule has 1 saturated heterocycles. The molecule has 0 aromatic heterocycles. The van der Waals surface area contributed by atoms with Gasteiger partial charge in [0.1, 0.15) is 0 Å². The zero-order valence-electron chi connectivity index (χ0n) is 10.8. The van der Waals surface area contributed by atoms with Crippen molar-refractivity contribution >= 4 is 12.0 Å². The van der Waals surface area contributed by atoms with Crippen LogP contribution in [0.1, 0.15) is 26.2 Å². The van der Waals surface area contributed by atoms with Crippen molar-refractivity contribution in [3.8, 4) is 0 Å². The second-order valence-electron chi connectivity index (χ2n) is 4.62. The number of hydrogen-bond donors (Lipinski definition) is 3. The van der Waals surface area contributed by atoms with Gasteiger partial charge in [-0.2, -0.15) is 0 Å². The maximum atomic E-state index is 11.5. The molecule has 0 radical (unpaired) electrons. The van der Waals surface area contributed by atoms with Gasteiger partial charge in [-0.25, -0.2) is 4.79 Å². The Morgan fingerprint density at radius 3 is 2.78 bits per heavy atom. The van der Waals surface area contributed by atoms with Gasteiger partial charge in [0.05, 0.1) is 12.5 Å². The number of aliphatic carboxylic acids is 1. The van der Waals surface area contributed by atoms with Crippen LogP contribution in [0.2, 0.25) is 0 Å². The predicted octanol–water partition coefficient (Wildman–Crippen LogP) is 0.823. The number of rotatable bonds is 6. The van der Waals surface area contributed by atoms with E-state index in [2.05, 4.69) is 10.6 Å². The first-order valence-corrected chi connectivity index (χ1v) is 6.45. The number of carboxylic acids is 1. The van der Waals surface area contributed by atoms with Gasteiger partial charge in [-0.3, -0.25) is 4.79 Å². The molecule has 1 heterocycles. The molecule has 1 aliphatic rings. The Kier molecular flexibility index (Phi) is 6.49. The summed E-state index contributed by atoms with van der Waals surface area (Å²) in [6.07, 6.45) is 2.60. The molecule has 6 nitrogen and oxygen atoms in total. The first kappa shape index (κ1) is 14.8. The second kappa shape index (κ2) is 7.92. The number of hydrogen-bond acceptors (Lipinski definition) is 3. The lowest BCUT2D eigenvalue weighted by Crippen LogP contribution is -2.42. The van der Waals surface area contributed by atoms with Gasteiger partial charge in [0.25, 0.3) is 0 Å². The molecular formula is C12H22N2O4. The van der Waals surface area contributed by atoms with E-state index in [0.717, 1.165) is 19.4 Å². The number of urea groups is 1. The van der Waals surface area contributed by atoms with Gasteiger partial charge >= 0.3 is 12.0 Å². The zero-order chi connectivity index (χ0) is 13.4. The summed E-state index contributed by atoms with van der Waals surface area (Å²) in [5.74, 6) is -1.03. The largest absolute Gasteiger partial charge is 0.481 e. The van der Waals surface area contributed by atoms with Crippen LogP contribution in [0.15, 0.2) is 0 Å².